The monoisotopic (exact) mass is 334 g/mol. The quantitative estimate of drug-likeness (QED) is 0.759. The second kappa shape index (κ2) is 8.33. The minimum absolute atomic E-state index is 0.231. The molecule has 0 aliphatic heterocycles. The van der Waals surface area contributed by atoms with Crippen LogP contribution in [0.3, 0.4) is 0 Å². The Labute approximate surface area is 139 Å². The molecule has 0 saturated carbocycles. The molecule has 0 radical (unpaired) electrons. The second-order valence-corrected chi connectivity index (χ2v) is 5.50. The summed E-state index contributed by atoms with van der Waals surface area (Å²) in [5.74, 6) is -0.597. The van der Waals surface area contributed by atoms with Gasteiger partial charge in [-0.3, -0.25) is 14.3 Å². The molecule has 0 bridgehead atoms. The SMILES string of the molecule is CC(NC(=O)c1ccccc1Cl)C(=O)NCCCn1cccn1. The van der Waals surface area contributed by atoms with Gasteiger partial charge in [-0.1, -0.05) is 23.7 Å². The number of nitrogens with zero attached hydrogens (tertiary/aromatic N) is 2. The molecule has 2 aromatic rings. The number of halogens is 1. The van der Waals surface area contributed by atoms with E-state index in [-0.39, 0.29) is 11.8 Å². The van der Waals surface area contributed by atoms with Crippen LogP contribution in [-0.4, -0.2) is 34.2 Å². The van der Waals surface area contributed by atoms with Gasteiger partial charge in [0, 0.05) is 25.5 Å². The molecule has 1 aromatic heterocycles. The highest BCUT2D eigenvalue weighted by Gasteiger charge is 2.17. The smallest absolute Gasteiger partial charge is 0.253 e. The molecule has 23 heavy (non-hydrogen) atoms. The number of amides is 2. The van der Waals surface area contributed by atoms with E-state index in [1.54, 1.807) is 42.1 Å². The fourth-order valence-electron chi connectivity index (χ4n) is 2.02. The third kappa shape index (κ3) is 5.10. The Morgan fingerprint density at radius 1 is 1.30 bits per heavy atom. The largest absolute Gasteiger partial charge is 0.354 e. The first-order valence-electron chi connectivity index (χ1n) is 7.38. The highest BCUT2D eigenvalue weighted by molar-refractivity contribution is 6.33. The minimum atomic E-state index is -0.636. The van der Waals surface area contributed by atoms with Gasteiger partial charge in [0.15, 0.2) is 0 Å². The molecule has 2 rings (SSSR count). The van der Waals surface area contributed by atoms with Gasteiger partial charge in [0.25, 0.3) is 5.91 Å². The van der Waals surface area contributed by atoms with E-state index in [0.29, 0.717) is 17.1 Å². The summed E-state index contributed by atoms with van der Waals surface area (Å²) in [5.41, 5.74) is 0.354. The first-order valence-corrected chi connectivity index (χ1v) is 7.76. The average molecular weight is 335 g/mol. The summed E-state index contributed by atoms with van der Waals surface area (Å²) in [6.07, 6.45) is 4.35. The van der Waals surface area contributed by atoms with E-state index in [1.165, 1.54) is 0 Å². The topological polar surface area (TPSA) is 76.0 Å². The minimum Gasteiger partial charge on any atom is -0.354 e. The zero-order valence-electron chi connectivity index (χ0n) is 12.8. The lowest BCUT2D eigenvalue weighted by Gasteiger charge is -2.14. The molecule has 0 aliphatic carbocycles. The van der Waals surface area contributed by atoms with Crippen molar-refractivity contribution < 1.29 is 9.59 Å². The molecule has 1 atom stereocenters. The van der Waals surface area contributed by atoms with Crippen molar-refractivity contribution in [3.05, 3.63) is 53.3 Å². The van der Waals surface area contributed by atoms with Crippen molar-refractivity contribution >= 4 is 23.4 Å². The van der Waals surface area contributed by atoms with Crippen LogP contribution in [-0.2, 0) is 11.3 Å². The summed E-state index contributed by atoms with van der Waals surface area (Å²) in [7, 11) is 0. The van der Waals surface area contributed by atoms with Crippen molar-refractivity contribution in [3.8, 4) is 0 Å². The molecule has 1 unspecified atom stereocenters. The molecule has 2 amide bonds. The third-order valence-electron chi connectivity index (χ3n) is 3.28. The van der Waals surface area contributed by atoms with Crippen LogP contribution in [0.25, 0.3) is 0 Å². The Morgan fingerprint density at radius 2 is 2.09 bits per heavy atom. The van der Waals surface area contributed by atoms with Crippen LogP contribution in [0.5, 0.6) is 0 Å². The lowest BCUT2D eigenvalue weighted by Crippen LogP contribution is -2.45. The Hall–Kier alpha value is -2.34. The molecule has 0 spiro atoms. The first-order chi connectivity index (χ1) is 11.1. The molecular formula is C16H19ClN4O2. The van der Waals surface area contributed by atoms with Crippen molar-refractivity contribution in [3.63, 3.8) is 0 Å². The number of nitrogens with one attached hydrogen (secondary N) is 2. The number of hydrogen-bond donors (Lipinski definition) is 2. The van der Waals surface area contributed by atoms with Gasteiger partial charge in [0.2, 0.25) is 5.91 Å². The molecule has 0 aliphatic rings. The fourth-order valence-corrected chi connectivity index (χ4v) is 2.25. The number of rotatable bonds is 7. The van der Waals surface area contributed by atoms with Crippen LogP contribution < -0.4 is 10.6 Å². The number of hydrogen-bond acceptors (Lipinski definition) is 3. The predicted molar refractivity (Wildman–Crippen MR) is 88.2 cm³/mol. The molecule has 2 N–H and O–H groups in total. The van der Waals surface area contributed by atoms with Gasteiger partial charge in [-0.2, -0.15) is 5.10 Å². The summed E-state index contributed by atoms with van der Waals surface area (Å²) in [4.78, 5) is 24.1. The molecular weight excluding hydrogens is 316 g/mol. The maximum absolute atomic E-state index is 12.1. The molecule has 0 fully saturated rings. The highest BCUT2D eigenvalue weighted by Crippen LogP contribution is 2.14. The molecule has 6 nitrogen and oxygen atoms in total. The lowest BCUT2D eigenvalue weighted by molar-refractivity contribution is -0.122. The van der Waals surface area contributed by atoms with Gasteiger partial charge in [-0.05, 0) is 31.5 Å². The molecule has 1 heterocycles. The zero-order chi connectivity index (χ0) is 16.7. The lowest BCUT2D eigenvalue weighted by atomic mass is 10.2. The van der Waals surface area contributed by atoms with Crippen LogP contribution >= 0.6 is 11.6 Å². The van der Waals surface area contributed by atoms with E-state index in [9.17, 15) is 9.59 Å². The van der Waals surface area contributed by atoms with Gasteiger partial charge in [0.05, 0.1) is 10.6 Å². The van der Waals surface area contributed by atoms with Gasteiger partial charge < -0.3 is 10.6 Å². The number of carbonyl (C=O) groups excluding carboxylic acids is 2. The van der Waals surface area contributed by atoms with Crippen LogP contribution in [0.2, 0.25) is 5.02 Å². The van der Waals surface area contributed by atoms with Crippen molar-refractivity contribution in [2.45, 2.75) is 25.9 Å². The van der Waals surface area contributed by atoms with Gasteiger partial charge in [0.1, 0.15) is 6.04 Å². The van der Waals surface area contributed by atoms with Gasteiger partial charge in [-0.25, -0.2) is 0 Å². The molecule has 1 aromatic carbocycles. The molecule has 0 saturated heterocycles. The molecule has 7 heteroatoms. The second-order valence-electron chi connectivity index (χ2n) is 5.09. The highest BCUT2D eigenvalue weighted by atomic mass is 35.5. The average Bonchev–Trinajstić information content (AvgIpc) is 3.05. The van der Waals surface area contributed by atoms with E-state index >= 15 is 0 Å². The Bertz CT molecular complexity index is 658. The summed E-state index contributed by atoms with van der Waals surface area (Å²) in [6.45, 7) is 2.89. The maximum Gasteiger partial charge on any atom is 0.253 e. The maximum atomic E-state index is 12.1. The summed E-state index contributed by atoms with van der Waals surface area (Å²) >= 11 is 5.96. The Kier molecular flexibility index (Phi) is 6.17. The number of aromatic nitrogens is 2. The summed E-state index contributed by atoms with van der Waals surface area (Å²) < 4.78 is 1.80. The van der Waals surface area contributed by atoms with Crippen LogP contribution in [0, 0.1) is 0 Å². The summed E-state index contributed by atoms with van der Waals surface area (Å²) in [6, 6.07) is 7.94. The van der Waals surface area contributed by atoms with E-state index in [1.807, 2.05) is 12.3 Å². The van der Waals surface area contributed by atoms with E-state index in [0.717, 1.165) is 13.0 Å². The third-order valence-corrected chi connectivity index (χ3v) is 3.61. The van der Waals surface area contributed by atoms with Crippen LogP contribution in [0.4, 0.5) is 0 Å². The zero-order valence-corrected chi connectivity index (χ0v) is 13.6. The standard InChI is InChI=1S/C16H19ClN4O2/c1-12(20-16(23)13-6-2-3-7-14(13)17)15(22)18-8-4-10-21-11-5-9-19-21/h2-3,5-7,9,11-12H,4,8,10H2,1H3,(H,18,22)(H,20,23). The van der Waals surface area contributed by atoms with Gasteiger partial charge in [-0.15, -0.1) is 0 Å². The normalized spacial score (nSPS) is 11.7. The van der Waals surface area contributed by atoms with Crippen molar-refractivity contribution in [1.82, 2.24) is 20.4 Å². The predicted octanol–water partition coefficient (Wildman–Crippen LogP) is 1.86. The Balaban J connectivity index is 1.74. The van der Waals surface area contributed by atoms with Crippen molar-refractivity contribution in [2.24, 2.45) is 0 Å². The van der Waals surface area contributed by atoms with E-state index in [2.05, 4.69) is 15.7 Å². The Morgan fingerprint density at radius 3 is 2.78 bits per heavy atom. The van der Waals surface area contributed by atoms with E-state index in [4.69, 9.17) is 11.6 Å². The number of carbonyl (C=O) groups is 2. The number of aryl methyl sites for hydroxylation is 1. The number of benzene rings is 1. The van der Waals surface area contributed by atoms with Crippen molar-refractivity contribution in [2.75, 3.05) is 6.54 Å². The molecule has 122 valence electrons. The van der Waals surface area contributed by atoms with E-state index < -0.39 is 6.04 Å². The van der Waals surface area contributed by atoms with Crippen molar-refractivity contribution in [1.29, 1.82) is 0 Å². The van der Waals surface area contributed by atoms with Crippen LogP contribution in [0.15, 0.2) is 42.7 Å². The van der Waals surface area contributed by atoms with Crippen LogP contribution in [0.1, 0.15) is 23.7 Å². The first kappa shape index (κ1) is 17.0. The van der Waals surface area contributed by atoms with Gasteiger partial charge >= 0.3 is 0 Å². The summed E-state index contributed by atoms with van der Waals surface area (Å²) in [5, 5.41) is 9.87. The fraction of sp³-hybridized carbons (Fsp3) is 0.312.